The van der Waals surface area contributed by atoms with Crippen molar-refractivity contribution >= 4 is 5.91 Å². The zero-order valence-electron chi connectivity index (χ0n) is 13.6. The largest absolute Gasteiger partial charge is 0.354 e. The fraction of sp³-hybridized carbons (Fsp3) is 0.611. The molecule has 0 aliphatic carbocycles. The summed E-state index contributed by atoms with van der Waals surface area (Å²) in [5.41, 5.74) is 0.845. The molecule has 1 aromatic carbocycles. The molecule has 22 heavy (non-hydrogen) atoms. The van der Waals surface area contributed by atoms with Crippen LogP contribution in [0.4, 0.5) is 4.39 Å². The van der Waals surface area contributed by atoms with Gasteiger partial charge in [-0.25, -0.2) is 4.39 Å². The van der Waals surface area contributed by atoms with Gasteiger partial charge in [-0.15, -0.1) is 0 Å². The van der Waals surface area contributed by atoms with Crippen LogP contribution in [0.1, 0.15) is 38.7 Å². The van der Waals surface area contributed by atoms with E-state index in [2.05, 4.69) is 24.1 Å². The molecule has 0 spiro atoms. The van der Waals surface area contributed by atoms with Crippen LogP contribution in [0.25, 0.3) is 0 Å². The minimum Gasteiger partial charge on any atom is -0.354 e. The van der Waals surface area contributed by atoms with Crippen molar-refractivity contribution in [2.24, 2.45) is 5.92 Å². The third-order valence-electron chi connectivity index (χ3n) is 4.42. The second kappa shape index (κ2) is 8.28. The monoisotopic (exact) mass is 306 g/mol. The maximum atomic E-state index is 12.9. The Kier molecular flexibility index (Phi) is 6.37. The van der Waals surface area contributed by atoms with Crippen LogP contribution in [-0.4, -0.2) is 36.5 Å². The van der Waals surface area contributed by atoms with Crippen molar-refractivity contribution in [1.82, 2.24) is 10.2 Å². The second-order valence-electron chi connectivity index (χ2n) is 6.52. The highest BCUT2D eigenvalue weighted by molar-refractivity contribution is 5.78. The van der Waals surface area contributed by atoms with Gasteiger partial charge in [0.25, 0.3) is 0 Å². The summed E-state index contributed by atoms with van der Waals surface area (Å²) in [5.74, 6) is 0.257. The molecule has 0 bridgehead atoms. The van der Waals surface area contributed by atoms with Crippen molar-refractivity contribution in [1.29, 1.82) is 0 Å². The summed E-state index contributed by atoms with van der Waals surface area (Å²) in [6, 6.07) is 6.52. The van der Waals surface area contributed by atoms with Crippen molar-refractivity contribution in [3.05, 3.63) is 35.6 Å². The molecule has 1 unspecified atom stereocenters. The lowest BCUT2D eigenvalue weighted by atomic mass is 9.99. The molecule has 1 N–H and O–H groups in total. The summed E-state index contributed by atoms with van der Waals surface area (Å²) in [7, 11) is 0. The number of rotatable bonds is 6. The third-order valence-corrected chi connectivity index (χ3v) is 4.42. The molecule has 3 nitrogen and oxygen atoms in total. The van der Waals surface area contributed by atoms with Gasteiger partial charge in [0.1, 0.15) is 5.82 Å². The smallest absolute Gasteiger partial charge is 0.224 e. The molecule has 0 saturated carbocycles. The van der Waals surface area contributed by atoms with Crippen LogP contribution in [0.3, 0.4) is 0 Å². The maximum Gasteiger partial charge on any atom is 0.224 e. The first-order valence-electron chi connectivity index (χ1n) is 8.31. The summed E-state index contributed by atoms with van der Waals surface area (Å²) >= 11 is 0. The van der Waals surface area contributed by atoms with Crippen LogP contribution in [-0.2, 0) is 11.2 Å². The van der Waals surface area contributed by atoms with Gasteiger partial charge in [0.15, 0.2) is 0 Å². The number of halogens is 1. The Balaban J connectivity index is 1.83. The Hall–Kier alpha value is -1.42. The number of carbonyl (C=O) groups is 1. The Labute approximate surface area is 132 Å². The Morgan fingerprint density at radius 3 is 2.41 bits per heavy atom. The van der Waals surface area contributed by atoms with Crippen molar-refractivity contribution in [2.45, 2.75) is 45.6 Å². The molecular formula is C18H27FN2O. The zero-order chi connectivity index (χ0) is 15.9. The molecule has 1 saturated heterocycles. The molecule has 2 rings (SSSR count). The molecule has 1 aliphatic rings. The van der Waals surface area contributed by atoms with Gasteiger partial charge >= 0.3 is 0 Å². The van der Waals surface area contributed by atoms with E-state index in [-0.39, 0.29) is 11.7 Å². The molecule has 4 heteroatoms. The van der Waals surface area contributed by atoms with Gasteiger partial charge in [-0.1, -0.05) is 32.4 Å². The van der Waals surface area contributed by atoms with Crippen molar-refractivity contribution in [3.63, 3.8) is 0 Å². The van der Waals surface area contributed by atoms with E-state index in [9.17, 15) is 9.18 Å². The number of piperidine rings is 1. The number of likely N-dealkylation sites (tertiary alicyclic amines) is 1. The van der Waals surface area contributed by atoms with E-state index in [0.29, 0.717) is 24.9 Å². The number of nitrogens with one attached hydrogen (secondary N) is 1. The Bertz CT molecular complexity index is 466. The average molecular weight is 306 g/mol. The number of amides is 1. The maximum absolute atomic E-state index is 12.9. The summed E-state index contributed by atoms with van der Waals surface area (Å²) in [6.45, 7) is 7.39. The van der Waals surface area contributed by atoms with Gasteiger partial charge in [-0.2, -0.15) is 0 Å². The standard InChI is InChI=1S/C18H27FN2O/c1-14(2)17(21-10-4-3-5-11-21)13-20-18(22)12-15-6-8-16(19)9-7-15/h6-9,14,17H,3-5,10-13H2,1-2H3,(H,20,22). The molecule has 122 valence electrons. The Morgan fingerprint density at radius 2 is 1.82 bits per heavy atom. The molecule has 1 fully saturated rings. The lowest BCUT2D eigenvalue weighted by Gasteiger charge is -2.37. The third kappa shape index (κ3) is 5.09. The quantitative estimate of drug-likeness (QED) is 0.876. The molecule has 1 heterocycles. The lowest BCUT2D eigenvalue weighted by Crippen LogP contribution is -2.49. The van der Waals surface area contributed by atoms with E-state index in [4.69, 9.17) is 0 Å². The first kappa shape index (κ1) is 16.9. The molecule has 0 radical (unpaired) electrons. The van der Waals surface area contributed by atoms with Crippen LogP contribution in [0.2, 0.25) is 0 Å². The first-order valence-corrected chi connectivity index (χ1v) is 8.31. The molecule has 0 aromatic heterocycles. The van der Waals surface area contributed by atoms with Gasteiger partial charge in [0.2, 0.25) is 5.91 Å². The SMILES string of the molecule is CC(C)C(CNC(=O)Cc1ccc(F)cc1)N1CCCCC1. The lowest BCUT2D eigenvalue weighted by molar-refractivity contribution is -0.120. The average Bonchev–Trinajstić information content (AvgIpc) is 2.50. The van der Waals surface area contributed by atoms with Gasteiger partial charge < -0.3 is 5.32 Å². The zero-order valence-corrected chi connectivity index (χ0v) is 13.6. The highest BCUT2D eigenvalue weighted by atomic mass is 19.1. The van der Waals surface area contributed by atoms with E-state index in [1.807, 2.05) is 0 Å². The summed E-state index contributed by atoms with van der Waals surface area (Å²) in [6.07, 6.45) is 4.14. The van der Waals surface area contributed by atoms with Crippen LogP contribution in [0.5, 0.6) is 0 Å². The highest BCUT2D eigenvalue weighted by Gasteiger charge is 2.23. The minimum absolute atomic E-state index is 0.00858. The van der Waals surface area contributed by atoms with Crippen molar-refractivity contribution in [2.75, 3.05) is 19.6 Å². The van der Waals surface area contributed by atoms with Crippen LogP contribution in [0, 0.1) is 11.7 Å². The van der Waals surface area contributed by atoms with Crippen LogP contribution < -0.4 is 5.32 Å². The second-order valence-corrected chi connectivity index (χ2v) is 6.52. The number of hydrogen-bond donors (Lipinski definition) is 1. The highest BCUT2D eigenvalue weighted by Crippen LogP contribution is 2.17. The van der Waals surface area contributed by atoms with Crippen LogP contribution in [0.15, 0.2) is 24.3 Å². The van der Waals surface area contributed by atoms with E-state index in [1.54, 1.807) is 12.1 Å². The summed E-state index contributed by atoms with van der Waals surface area (Å²) in [4.78, 5) is 14.6. The van der Waals surface area contributed by atoms with Crippen molar-refractivity contribution in [3.8, 4) is 0 Å². The molecule has 1 amide bonds. The number of benzene rings is 1. The summed E-state index contributed by atoms with van der Waals surface area (Å²) in [5, 5.41) is 3.05. The first-order chi connectivity index (χ1) is 10.6. The Morgan fingerprint density at radius 1 is 1.18 bits per heavy atom. The van der Waals surface area contributed by atoms with Crippen LogP contribution >= 0.6 is 0 Å². The van der Waals surface area contributed by atoms with E-state index >= 15 is 0 Å². The fourth-order valence-electron chi connectivity index (χ4n) is 3.11. The van der Waals surface area contributed by atoms with E-state index in [1.165, 1.54) is 31.4 Å². The topological polar surface area (TPSA) is 32.3 Å². The van der Waals surface area contributed by atoms with Gasteiger partial charge in [-0.05, 0) is 49.5 Å². The molecular weight excluding hydrogens is 279 g/mol. The van der Waals surface area contributed by atoms with E-state index in [0.717, 1.165) is 18.7 Å². The molecule has 1 aromatic rings. The molecule has 1 atom stereocenters. The summed E-state index contributed by atoms with van der Waals surface area (Å²) < 4.78 is 12.9. The minimum atomic E-state index is -0.269. The van der Waals surface area contributed by atoms with Gasteiger partial charge in [-0.3, -0.25) is 9.69 Å². The van der Waals surface area contributed by atoms with Gasteiger partial charge in [0, 0.05) is 12.6 Å². The number of nitrogens with zero attached hydrogens (tertiary/aromatic N) is 1. The fourth-order valence-corrected chi connectivity index (χ4v) is 3.11. The normalized spacial score (nSPS) is 17.5. The number of hydrogen-bond acceptors (Lipinski definition) is 2. The van der Waals surface area contributed by atoms with Crippen molar-refractivity contribution < 1.29 is 9.18 Å². The molecule has 1 aliphatic heterocycles. The van der Waals surface area contributed by atoms with E-state index < -0.39 is 0 Å². The predicted molar refractivity (Wildman–Crippen MR) is 87.2 cm³/mol. The van der Waals surface area contributed by atoms with Gasteiger partial charge in [0.05, 0.1) is 6.42 Å². The predicted octanol–water partition coefficient (Wildman–Crippen LogP) is 2.99. The number of carbonyl (C=O) groups excluding carboxylic acids is 1.